The molecular formula is C10H10Cl2O. The van der Waals surface area contributed by atoms with Crippen LogP contribution in [0.5, 0.6) is 0 Å². The third-order valence-corrected chi connectivity index (χ3v) is 2.38. The lowest BCUT2D eigenvalue weighted by atomic mass is 10.0. The maximum Gasteiger partial charge on any atom is 0.151 e. The first-order chi connectivity index (χ1) is 6.13. The van der Waals surface area contributed by atoms with Crippen LogP contribution in [0.2, 0.25) is 5.02 Å². The van der Waals surface area contributed by atoms with Crippen molar-refractivity contribution in [1.29, 1.82) is 0 Å². The van der Waals surface area contributed by atoms with Gasteiger partial charge in [-0.2, -0.15) is 0 Å². The molecule has 70 valence electrons. The van der Waals surface area contributed by atoms with Gasteiger partial charge in [0.2, 0.25) is 0 Å². The molecule has 0 saturated heterocycles. The first-order valence-corrected chi connectivity index (χ1v) is 4.87. The summed E-state index contributed by atoms with van der Waals surface area (Å²) in [6, 6.07) is 5.52. The number of carbonyl (C=O) groups is 1. The molecular weight excluding hydrogens is 207 g/mol. The minimum Gasteiger partial charge on any atom is -0.298 e. The van der Waals surface area contributed by atoms with E-state index in [1.165, 1.54) is 0 Å². The van der Waals surface area contributed by atoms with Crippen LogP contribution in [0.4, 0.5) is 0 Å². The van der Waals surface area contributed by atoms with Crippen LogP contribution in [0.25, 0.3) is 0 Å². The smallest absolute Gasteiger partial charge is 0.151 e. The molecule has 0 amide bonds. The largest absolute Gasteiger partial charge is 0.298 e. The first-order valence-electron chi connectivity index (χ1n) is 3.96. The summed E-state index contributed by atoms with van der Waals surface area (Å²) in [5.74, 6) is 0.0819. The molecule has 0 unspecified atom stereocenters. The second-order valence-electron chi connectivity index (χ2n) is 2.92. The maximum absolute atomic E-state index is 11.1. The standard InChI is InChI=1S/C10H10Cl2O/c1-7-2-3-9(12)4-8(7)5-10(13)6-11/h2-4H,5-6H2,1H3. The Morgan fingerprint density at radius 3 is 2.77 bits per heavy atom. The molecule has 0 N–H and O–H groups in total. The number of alkyl halides is 1. The third kappa shape index (κ3) is 3.02. The summed E-state index contributed by atoms with van der Waals surface area (Å²) < 4.78 is 0. The molecule has 1 nitrogen and oxygen atoms in total. The second-order valence-corrected chi connectivity index (χ2v) is 3.62. The van der Waals surface area contributed by atoms with Crippen LogP contribution in [0.3, 0.4) is 0 Å². The summed E-state index contributed by atoms with van der Waals surface area (Å²) in [7, 11) is 0. The molecule has 0 saturated carbocycles. The van der Waals surface area contributed by atoms with Gasteiger partial charge in [-0.1, -0.05) is 17.7 Å². The van der Waals surface area contributed by atoms with Crippen LogP contribution in [-0.4, -0.2) is 11.7 Å². The van der Waals surface area contributed by atoms with Crippen LogP contribution >= 0.6 is 23.2 Å². The fourth-order valence-corrected chi connectivity index (χ4v) is 1.38. The van der Waals surface area contributed by atoms with Gasteiger partial charge in [0.15, 0.2) is 5.78 Å². The minimum absolute atomic E-state index is 0.0204. The molecule has 1 aromatic carbocycles. The molecule has 0 atom stereocenters. The Kier molecular flexibility index (Phi) is 3.76. The van der Waals surface area contributed by atoms with E-state index in [2.05, 4.69) is 0 Å². The number of carbonyl (C=O) groups excluding carboxylic acids is 1. The SMILES string of the molecule is Cc1ccc(Cl)cc1CC(=O)CCl. The van der Waals surface area contributed by atoms with Crippen molar-refractivity contribution in [3.63, 3.8) is 0 Å². The molecule has 0 aliphatic carbocycles. The number of benzene rings is 1. The fourth-order valence-electron chi connectivity index (χ4n) is 1.09. The van der Waals surface area contributed by atoms with E-state index in [1.807, 2.05) is 19.1 Å². The molecule has 13 heavy (non-hydrogen) atoms. The second kappa shape index (κ2) is 4.64. The summed E-state index contributed by atoms with van der Waals surface area (Å²) in [5.41, 5.74) is 2.03. The summed E-state index contributed by atoms with van der Waals surface area (Å²) in [6.45, 7) is 1.95. The molecule has 0 bridgehead atoms. The van der Waals surface area contributed by atoms with Gasteiger partial charge in [-0.25, -0.2) is 0 Å². The van der Waals surface area contributed by atoms with Gasteiger partial charge in [-0.3, -0.25) is 4.79 Å². The molecule has 0 aliphatic heterocycles. The Morgan fingerprint density at radius 2 is 2.15 bits per heavy atom. The number of aryl methyl sites for hydroxylation is 1. The van der Waals surface area contributed by atoms with Crippen molar-refractivity contribution in [2.75, 3.05) is 5.88 Å². The average Bonchev–Trinajstić information content (AvgIpc) is 2.11. The lowest BCUT2D eigenvalue weighted by Gasteiger charge is -2.03. The fraction of sp³-hybridized carbons (Fsp3) is 0.300. The number of hydrogen-bond donors (Lipinski definition) is 0. The molecule has 3 heteroatoms. The summed E-state index contributed by atoms with van der Waals surface area (Å²) >= 11 is 11.2. The monoisotopic (exact) mass is 216 g/mol. The predicted octanol–water partition coefficient (Wildman–Crippen LogP) is 3.00. The van der Waals surface area contributed by atoms with Gasteiger partial charge in [0.1, 0.15) is 0 Å². The van der Waals surface area contributed by atoms with Gasteiger partial charge in [0.05, 0.1) is 5.88 Å². The van der Waals surface area contributed by atoms with Gasteiger partial charge in [-0.05, 0) is 30.2 Å². The van der Waals surface area contributed by atoms with Crippen molar-refractivity contribution in [3.05, 3.63) is 34.3 Å². The van der Waals surface area contributed by atoms with E-state index in [0.717, 1.165) is 11.1 Å². The van der Waals surface area contributed by atoms with E-state index in [1.54, 1.807) is 6.07 Å². The maximum atomic E-state index is 11.1. The highest BCUT2D eigenvalue weighted by molar-refractivity contribution is 6.30. The predicted molar refractivity (Wildman–Crippen MR) is 55.6 cm³/mol. The van der Waals surface area contributed by atoms with E-state index >= 15 is 0 Å². The molecule has 1 aromatic rings. The number of ketones is 1. The number of halogens is 2. The van der Waals surface area contributed by atoms with Crippen LogP contribution in [0.15, 0.2) is 18.2 Å². The van der Waals surface area contributed by atoms with Gasteiger partial charge in [0.25, 0.3) is 0 Å². The van der Waals surface area contributed by atoms with Crippen molar-refractivity contribution >= 4 is 29.0 Å². The summed E-state index contributed by atoms with van der Waals surface area (Å²) in [6.07, 6.45) is 0.371. The van der Waals surface area contributed by atoms with Crippen LogP contribution < -0.4 is 0 Å². The Bertz CT molecular complexity index is 321. The molecule has 0 radical (unpaired) electrons. The van der Waals surface area contributed by atoms with E-state index < -0.39 is 0 Å². The van der Waals surface area contributed by atoms with Crippen LogP contribution in [-0.2, 0) is 11.2 Å². The lowest BCUT2D eigenvalue weighted by Crippen LogP contribution is -2.04. The normalized spacial score (nSPS) is 10.1. The average molecular weight is 217 g/mol. The van der Waals surface area contributed by atoms with Crippen molar-refractivity contribution in [2.24, 2.45) is 0 Å². The Morgan fingerprint density at radius 1 is 1.46 bits per heavy atom. The summed E-state index contributed by atoms with van der Waals surface area (Å²) in [5, 5.41) is 0.656. The van der Waals surface area contributed by atoms with Gasteiger partial charge >= 0.3 is 0 Å². The number of hydrogen-bond acceptors (Lipinski definition) is 1. The van der Waals surface area contributed by atoms with Crippen molar-refractivity contribution in [3.8, 4) is 0 Å². The number of rotatable bonds is 3. The molecule has 0 heterocycles. The molecule has 1 rings (SSSR count). The molecule has 0 fully saturated rings. The van der Waals surface area contributed by atoms with E-state index in [0.29, 0.717) is 11.4 Å². The van der Waals surface area contributed by atoms with Crippen molar-refractivity contribution < 1.29 is 4.79 Å². The van der Waals surface area contributed by atoms with E-state index in [9.17, 15) is 4.79 Å². The highest BCUT2D eigenvalue weighted by Gasteiger charge is 2.05. The van der Waals surface area contributed by atoms with Crippen molar-refractivity contribution in [1.82, 2.24) is 0 Å². The minimum atomic E-state index is 0.0204. The first kappa shape index (κ1) is 10.6. The highest BCUT2D eigenvalue weighted by atomic mass is 35.5. The highest BCUT2D eigenvalue weighted by Crippen LogP contribution is 2.16. The molecule has 0 spiro atoms. The Balaban J connectivity index is 2.87. The van der Waals surface area contributed by atoms with Gasteiger partial charge in [0, 0.05) is 11.4 Å². The zero-order valence-electron chi connectivity index (χ0n) is 7.31. The van der Waals surface area contributed by atoms with Crippen LogP contribution in [0.1, 0.15) is 11.1 Å². The Labute approximate surface area is 87.7 Å². The third-order valence-electron chi connectivity index (χ3n) is 1.85. The van der Waals surface area contributed by atoms with Gasteiger partial charge < -0.3 is 0 Å². The molecule has 0 aromatic heterocycles. The van der Waals surface area contributed by atoms with Gasteiger partial charge in [-0.15, -0.1) is 11.6 Å². The quantitative estimate of drug-likeness (QED) is 0.711. The van der Waals surface area contributed by atoms with E-state index in [4.69, 9.17) is 23.2 Å². The lowest BCUT2D eigenvalue weighted by molar-refractivity contribution is -0.116. The van der Waals surface area contributed by atoms with Crippen LogP contribution in [0, 0.1) is 6.92 Å². The molecule has 0 aliphatic rings. The summed E-state index contributed by atoms with van der Waals surface area (Å²) in [4.78, 5) is 11.1. The van der Waals surface area contributed by atoms with E-state index in [-0.39, 0.29) is 11.7 Å². The zero-order chi connectivity index (χ0) is 9.84. The number of Topliss-reactive ketones (excluding diaryl/α,β-unsaturated/α-hetero) is 1. The van der Waals surface area contributed by atoms with Crippen molar-refractivity contribution in [2.45, 2.75) is 13.3 Å². The Hall–Kier alpha value is -0.530. The zero-order valence-corrected chi connectivity index (χ0v) is 8.82. The topological polar surface area (TPSA) is 17.1 Å².